The number of unbranched alkanes of at least 4 members (excludes halogenated alkanes) is 1. The average Bonchev–Trinajstić information content (AvgIpc) is 3.02. The molecule has 3 aromatic carbocycles. The Morgan fingerprint density at radius 3 is 2.28 bits per heavy atom. The lowest BCUT2D eigenvalue weighted by Gasteiger charge is -2.34. The Bertz CT molecular complexity index is 1480. The van der Waals surface area contributed by atoms with Crippen LogP contribution in [-0.2, 0) is 32.6 Å². The Labute approximate surface area is 254 Å². The topological polar surface area (TPSA) is 105 Å². The van der Waals surface area contributed by atoms with Crippen LogP contribution in [0.4, 0.5) is 5.69 Å². The van der Waals surface area contributed by atoms with Crippen molar-refractivity contribution in [1.29, 1.82) is 0 Å². The maximum Gasteiger partial charge on any atom is 0.244 e. The SMILES string of the molecule is CCCCNC(=O)[C@H](Cc1ccccc1)N(Cc1ccc(C)cc1)C(=O)CN(c1ccc2c(c1)OCCO2)S(=O)(=O)CC. The van der Waals surface area contributed by atoms with E-state index in [4.69, 9.17) is 9.47 Å². The molecule has 1 N–H and O–H groups in total. The molecular formula is C33H41N3O6S. The van der Waals surface area contributed by atoms with Crippen molar-refractivity contribution in [1.82, 2.24) is 10.2 Å². The van der Waals surface area contributed by atoms with Crippen molar-refractivity contribution in [2.45, 2.75) is 52.6 Å². The number of carbonyl (C=O) groups is 2. The van der Waals surface area contributed by atoms with Crippen molar-refractivity contribution in [3.8, 4) is 11.5 Å². The molecule has 0 spiro atoms. The van der Waals surface area contributed by atoms with Crippen molar-refractivity contribution >= 4 is 27.5 Å². The Morgan fingerprint density at radius 1 is 0.907 bits per heavy atom. The van der Waals surface area contributed by atoms with E-state index in [9.17, 15) is 18.0 Å². The van der Waals surface area contributed by atoms with Crippen LogP contribution in [-0.4, -0.2) is 63.2 Å². The van der Waals surface area contributed by atoms with Crippen LogP contribution >= 0.6 is 0 Å². The number of aryl methyl sites for hydroxylation is 1. The van der Waals surface area contributed by atoms with Gasteiger partial charge in [0.1, 0.15) is 25.8 Å². The van der Waals surface area contributed by atoms with E-state index < -0.39 is 28.5 Å². The maximum absolute atomic E-state index is 14.3. The number of hydrogen-bond donors (Lipinski definition) is 1. The maximum atomic E-state index is 14.3. The van der Waals surface area contributed by atoms with E-state index in [-0.39, 0.29) is 24.6 Å². The Balaban J connectivity index is 1.72. The lowest BCUT2D eigenvalue weighted by molar-refractivity contribution is -0.140. The van der Waals surface area contributed by atoms with Crippen molar-refractivity contribution < 1.29 is 27.5 Å². The smallest absolute Gasteiger partial charge is 0.244 e. The zero-order chi connectivity index (χ0) is 30.8. The highest BCUT2D eigenvalue weighted by Gasteiger charge is 2.34. The molecule has 1 aliphatic rings. The lowest BCUT2D eigenvalue weighted by atomic mass is 10.0. The predicted octanol–water partition coefficient (Wildman–Crippen LogP) is 4.48. The highest BCUT2D eigenvalue weighted by Crippen LogP contribution is 2.35. The van der Waals surface area contributed by atoms with Crippen LogP contribution in [0.25, 0.3) is 0 Å². The number of amides is 2. The third-order valence-corrected chi connectivity index (χ3v) is 9.11. The molecule has 0 bridgehead atoms. The van der Waals surface area contributed by atoms with Crippen LogP contribution in [0, 0.1) is 6.92 Å². The predicted molar refractivity (Wildman–Crippen MR) is 168 cm³/mol. The fraction of sp³-hybridized carbons (Fsp3) is 0.394. The van der Waals surface area contributed by atoms with Crippen LogP contribution in [0.15, 0.2) is 72.8 Å². The quantitative estimate of drug-likeness (QED) is 0.271. The third kappa shape index (κ3) is 8.50. The summed E-state index contributed by atoms with van der Waals surface area (Å²) in [5.41, 5.74) is 3.09. The molecule has 3 aromatic rings. The van der Waals surface area contributed by atoms with Crippen LogP contribution < -0.4 is 19.1 Å². The summed E-state index contributed by atoms with van der Waals surface area (Å²) in [4.78, 5) is 29.5. The molecule has 0 saturated carbocycles. The number of carbonyl (C=O) groups excluding carboxylic acids is 2. The van der Waals surface area contributed by atoms with Gasteiger partial charge in [-0.1, -0.05) is 73.5 Å². The van der Waals surface area contributed by atoms with E-state index in [1.54, 1.807) is 18.2 Å². The van der Waals surface area contributed by atoms with Crippen molar-refractivity contribution in [2.24, 2.45) is 0 Å². The zero-order valence-corrected chi connectivity index (χ0v) is 25.9. The molecule has 4 rings (SSSR count). The number of nitrogens with one attached hydrogen (secondary N) is 1. The third-order valence-electron chi connectivity index (χ3n) is 7.37. The standard InChI is InChI=1S/C33H41N3O6S/c1-4-6-18-34-33(38)29(21-26-10-8-7-9-11-26)35(23-27-14-12-25(3)13-15-27)32(37)24-36(43(39,40)5-2)28-16-17-30-31(22-28)42-20-19-41-30/h7-17,22,29H,4-6,18-21,23-24H2,1-3H3,(H,34,38)/t29-/m0/s1. The largest absolute Gasteiger partial charge is 0.486 e. The summed E-state index contributed by atoms with van der Waals surface area (Å²) < 4.78 is 39.2. The first-order chi connectivity index (χ1) is 20.7. The number of fused-ring (bicyclic) bond motifs is 1. The van der Waals surface area contributed by atoms with Crippen LogP contribution in [0.1, 0.15) is 43.4 Å². The summed E-state index contributed by atoms with van der Waals surface area (Å²) in [6.07, 6.45) is 2.00. The first-order valence-corrected chi connectivity index (χ1v) is 16.4. The molecular weight excluding hydrogens is 566 g/mol. The fourth-order valence-electron chi connectivity index (χ4n) is 4.86. The molecule has 1 aliphatic heterocycles. The monoisotopic (exact) mass is 607 g/mol. The van der Waals surface area contributed by atoms with Gasteiger partial charge in [-0.05, 0) is 43.5 Å². The fourth-order valence-corrected chi connectivity index (χ4v) is 5.91. The minimum absolute atomic E-state index is 0.138. The minimum Gasteiger partial charge on any atom is -0.486 e. The molecule has 2 amide bonds. The van der Waals surface area contributed by atoms with Gasteiger partial charge in [0.05, 0.1) is 11.4 Å². The Morgan fingerprint density at radius 2 is 1.60 bits per heavy atom. The molecule has 43 heavy (non-hydrogen) atoms. The van der Waals surface area contributed by atoms with Crippen molar-refractivity contribution in [3.05, 3.63) is 89.5 Å². The zero-order valence-electron chi connectivity index (χ0n) is 25.1. The van der Waals surface area contributed by atoms with Crippen molar-refractivity contribution in [3.63, 3.8) is 0 Å². The molecule has 0 fully saturated rings. The van der Waals surface area contributed by atoms with E-state index in [0.717, 1.165) is 33.8 Å². The molecule has 230 valence electrons. The second-order valence-corrected chi connectivity index (χ2v) is 12.8. The molecule has 1 heterocycles. The van der Waals surface area contributed by atoms with E-state index in [1.807, 2.05) is 68.4 Å². The molecule has 0 aliphatic carbocycles. The highest BCUT2D eigenvalue weighted by molar-refractivity contribution is 7.92. The number of benzene rings is 3. The second kappa shape index (κ2) is 14.9. The van der Waals surface area contributed by atoms with Crippen LogP contribution in [0.3, 0.4) is 0 Å². The number of hydrogen-bond acceptors (Lipinski definition) is 6. The number of rotatable bonds is 14. The lowest BCUT2D eigenvalue weighted by Crippen LogP contribution is -2.53. The van der Waals surface area contributed by atoms with Gasteiger partial charge in [0, 0.05) is 25.6 Å². The summed E-state index contributed by atoms with van der Waals surface area (Å²) in [5.74, 6) is -0.0392. The first kappa shape index (κ1) is 31.9. The number of ether oxygens (including phenoxy) is 2. The summed E-state index contributed by atoms with van der Waals surface area (Å²) in [7, 11) is -3.88. The number of anilines is 1. The van der Waals surface area contributed by atoms with Gasteiger partial charge in [-0.25, -0.2) is 8.42 Å². The van der Waals surface area contributed by atoms with Gasteiger partial charge >= 0.3 is 0 Å². The first-order valence-electron chi connectivity index (χ1n) is 14.8. The van der Waals surface area contributed by atoms with Gasteiger partial charge < -0.3 is 19.7 Å². The van der Waals surface area contributed by atoms with E-state index >= 15 is 0 Å². The van der Waals surface area contributed by atoms with Gasteiger partial charge in [0.15, 0.2) is 11.5 Å². The molecule has 9 nitrogen and oxygen atoms in total. The van der Waals surface area contributed by atoms with E-state index in [0.29, 0.717) is 36.9 Å². The average molecular weight is 608 g/mol. The minimum atomic E-state index is -3.88. The summed E-state index contributed by atoms with van der Waals surface area (Å²) >= 11 is 0. The molecule has 1 atom stereocenters. The number of nitrogens with zero attached hydrogens (tertiary/aromatic N) is 2. The van der Waals surface area contributed by atoms with E-state index in [1.165, 1.54) is 11.8 Å². The van der Waals surface area contributed by atoms with Gasteiger partial charge in [-0.2, -0.15) is 0 Å². The van der Waals surface area contributed by atoms with Crippen LogP contribution in [0.2, 0.25) is 0 Å². The number of sulfonamides is 1. The van der Waals surface area contributed by atoms with E-state index in [2.05, 4.69) is 5.32 Å². The highest BCUT2D eigenvalue weighted by atomic mass is 32.2. The molecule has 0 aromatic heterocycles. The van der Waals surface area contributed by atoms with Gasteiger partial charge in [-0.15, -0.1) is 0 Å². The van der Waals surface area contributed by atoms with Gasteiger partial charge in [0.25, 0.3) is 0 Å². The molecule has 10 heteroatoms. The normalized spacial score (nSPS) is 13.2. The second-order valence-electron chi connectivity index (χ2n) is 10.6. The van der Waals surface area contributed by atoms with Crippen LogP contribution in [0.5, 0.6) is 11.5 Å². The molecule has 0 unspecified atom stereocenters. The molecule has 0 saturated heterocycles. The van der Waals surface area contributed by atoms with Crippen molar-refractivity contribution in [2.75, 3.05) is 36.4 Å². The summed E-state index contributed by atoms with van der Waals surface area (Å²) in [5, 5.41) is 3.00. The Kier molecular flexibility index (Phi) is 11.1. The van der Waals surface area contributed by atoms with Gasteiger partial charge in [-0.3, -0.25) is 13.9 Å². The Hall–Kier alpha value is -4.05. The summed E-state index contributed by atoms with van der Waals surface area (Å²) in [6, 6.07) is 21.3. The summed E-state index contributed by atoms with van der Waals surface area (Å²) in [6.45, 7) is 6.45. The van der Waals surface area contributed by atoms with Gasteiger partial charge in [0.2, 0.25) is 21.8 Å². The molecule has 0 radical (unpaired) electrons.